The lowest BCUT2D eigenvalue weighted by Crippen LogP contribution is -2.34. The molecular weight excluding hydrogens is 316 g/mol. The minimum atomic E-state index is -3.84. The number of hydrogen-bond acceptors (Lipinski definition) is 5. The summed E-state index contributed by atoms with van der Waals surface area (Å²) in [4.78, 5) is 0.149. The first-order valence-corrected chi connectivity index (χ1v) is 9.34. The van der Waals surface area contributed by atoms with Gasteiger partial charge in [0.25, 0.3) is 10.1 Å². The summed E-state index contributed by atoms with van der Waals surface area (Å²) in [6.07, 6.45) is 3.61. The van der Waals surface area contributed by atoms with Crippen LogP contribution in [-0.4, -0.2) is 32.5 Å². The van der Waals surface area contributed by atoms with Gasteiger partial charge in [-0.25, -0.2) is 0 Å². The summed E-state index contributed by atoms with van der Waals surface area (Å²) in [7, 11) is -3.84. The van der Waals surface area contributed by atoms with Gasteiger partial charge < -0.3 is 9.47 Å². The number of aryl methyl sites for hydroxylation is 1. The van der Waals surface area contributed by atoms with Gasteiger partial charge in [-0.3, -0.25) is 4.18 Å². The average molecular weight is 338 g/mol. The van der Waals surface area contributed by atoms with Crippen molar-refractivity contribution >= 4 is 10.1 Å². The number of fused-ring (bicyclic) bond motifs is 1. The van der Waals surface area contributed by atoms with E-state index in [9.17, 15) is 8.42 Å². The van der Waals surface area contributed by atoms with Gasteiger partial charge in [-0.1, -0.05) is 43.7 Å². The van der Waals surface area contributed by atoms with Crippen molar-refractivity contribution in [2.24, 2.45) is 0 Å². The summed E-state index contributed by atoms with van der Waals surface area (Å²) in [5.41, 5.74) is 0.993. The molecule has 0 saturated carbocycles. The first-order valence-electron chi connectivity index (χ1n) is 7.93. The van der Waals surface area contributed by atoms with Gasteiger partial charge in [-0.2, -0.15) is 8.42 Å². The Kier molecular flexibility index (Phi) is 4.35. The molecule has 1 saturated heterocycles. The van der Waals surface area contributed by atoms with E-state index in [1.807, 2.05) is 26.8 Å². The van der Waals surface area contributed by atoms with Gasteiger partial charge in [0.15, 0.2) is 5.79 Å². The zero-order valence-corrected chi connectivity index (χ0v) is 14.4. The van der Waals surface area contributed by atoms with E-state index in [1.165, 1.54) is 0 Å². The molecule has 0 amide bonds. The van der Waals surface area contributed by atoms with Gasteiger partial charge in [0, 0.05) is 0 Å². The maximum atomic E-state index is 12.4. The predicted octanol–water partition coefficient (Wildman–Crippen LogP) is 2.94. The van der Waals surface area contributed by atoms with Crippen LogP contribution in [-0.2, 0) is 23.8 Å². The molecule has 6 heteroatoms. The molecule has 0 bridgehead atoms. The van der Waals surface area contributed by atoms with Crippen molar-refractivity contribution in [1.29, 1.82) is 0 Å². The van der Waals surface area contributed by atoms with Gasteiger partial charge in [-0.15, -0.1) is 0 Å². The smallest absolute Gasteiger partial charge is 0.297 e. The van der Waals surface area contributed by atoms with Crippen LogP contribution in [0.4, 0.5) is 0 Å². The minimum Gasteiger partial charge on any atom is -0.341 e. The van der Waals surface area contributed by atoms with Crippen LogP contribution in [0, 0.1) is 6.92 Å². The Morgan fingerprint density at radius 2 is 1.74 bits per heavy atom. The highest BCUT2D eigenvalue weighted by Gasteiger charge is 2.50. The highest BCUT2D eigenvalue weighted by Crippen LogP contribution is 2.40. The number of hydrogen-bond donors (Lipinski definition) is 0. The predicted molar refractivity (Wildman–Crippen MR) is 85.4 cm³/mol. The summed E-state index contributed by atoms with van der Waals surface area (Å²) < 4.78 is 42.2. The summed E-state index contributed by atoms with van der Waals surface area (Å²) in [5, 5.41) is 0. The molecule has 2 aliphatic rings. The fourth-order valence-corrected chi connectivity index (χ4v) is 4.01. The molecule has 1 fully saturated rings. The molecular formula is C17H22O5S. The van der Waals surface area contributed by atoms with E-state index in [2.05, 4.69) is 0 Å². The Hall–Kier alpha value is -1.21. The average Bonchev–Trinajstić information content (AvgIpc) is 3.07. The lowest BCUT2D eigenvalue weighted by molar-refractivity contribution is -0.182. The monoisotopic (exact) mass is 338 g/mol. The molecule has 1 heterocycles. The highest BCUT2D eigenvalue weighted by molar-refractivity contribution is 7.86. The Balaban J connectivity index is 1.76. The van der Waals surface area contributed by atoms with Crippen molar-refractivity contribution in [3.8, 4) is 0 Å². The second-order valence-corrected chi connectivity index (χ2v) is 7.57. The first kappa shape index (κ1) is 16.6. The number of benzene rings is 1. The molecule has 0 spiro atoms. The molecule has 5 nitrogen and oxygen atoms in total. The maximum absolute atomic E-state index is 12.4. The molecule has 0 radical (unpaired) electrons. The molecule has 1 aromatic rings. The molecule has 3 atom stereocenters. The minimum absolute atomic E-state index is 0.149. The second-order valence-electron chi connectivity index (χ2n) is 6.00. The van der Waals surface area contributed by atoms with Crippen molar-refractivity contribution in [2.75, 3.05) is 0 Å². The quantitative estimate of drug-likeness (QED) is 0.610. The van der Waals surface area contributed by atoms with E-state index < -0.39 is 28.1 Å². The summed E-state index contributed by atoms with van der Waals surface area (Å²) in [5.74, 6) is -0.644. The van der Waals surface area contributed by atoms with Gasteiger partial charge in [-0.05, 0) is 31.9 Å². The topological polar surface area (TPSA) is 61.8 Å². The Labute approximate surface area is 137 Å². The largest absolute Gasteiger partial charge is 0.341 e. The van der Waals surface area contributed by atoms with E-state index in [-0.39, 0.29) is 11.0 Å². The van der Waals surface area contributed by atoms with Gasteiger partial charge >= 0.3 is 0 Å². The molecule has 3 rings (SSSR count). The Morgan fingerprint density at radius 3 is 2.35 bits per heavy atom. The van der Waals surface area contributed by atoms with E-state index in [4.69, 9.17) is 13.7 Å². The Morgan fingerprint density at radius 1 is 1.09 bits per heavy atom. The zero-order chi connectivity index (χ0) is 16.7. The van der Waals surface area contributed by atoms with E-state index in [0.29, 0.717) is 12.8 Å². The molecule has 0 unspecified atom stereocenters. The molecule has 23 heavy (non-hydrogen) atoms. The van der Waals surface area contributed by atoms with Crippen LogP contribution in [0.3, 0.4) is 0 Å². The van der Waals surface area contributed by atoms with E-state index in [1.54, 1.807) is 30.3 Å². The highest BCUT2D eigenvalue weighted by atomic mass is 32.2. The lowest BCUT2D eigenvalue weighted by Gasteiger charge is -2.26. The van der Waals surface area contributed by atoms with Crippen molar-refractivity contribution in [1.82, 2.24) is 0 Å². The second kappa shape index (κ2) is 6.02. The molecule has 126 valence electrons. The third-order valence-electron chi connectivity index (χ3n) is 4.46. The molecule has 0 aromatic heterocycles. The summed E-state index contributed by atoms with van der Waals surface area (Å²) in [6, 6.07) is 6.60. The van der Waals surface area contributed by atoms with Gasteiger partial charge in [0.1, 0.15) is 18.3 Å². The molecule has 0 N–H and O–H groups in total. The molecule has 1 aromatic carbocycles. The van der Waals surface area contributed by atoms with Crippen LogP contribution in [0.1, 0.15) is 32.3 Å². The van der Waals surface area contributed by atoms with Crippen LogP contribution in [0.15, 0.2) is 41.3 Å². The number of rotatable bonds is 5. The standard InChI is InChI=1S/C17H22O5S/c1-4-17(5-2)20-14-10-11-15(16(14)21-17)22-23(18,19)13-8-6-12(3)7-9-13/h6-11,14-16H,4-5H2,1-3H3/t14-,15+,16+/m1/s1. The normalized spacial score (nSPS) is 28.9. The number of ether oxygens (including phenoxy) is 2. The summed E-state index contributed by atoms with van der Waals surface area (Å²) >= 11 is 0. The molecule has 1 aliphatic heterocycles. The van der Waals surface area contributed by atoms with Gasteiger partial charge in [0.2, 0.25) is 0 Å². The lowest BCUT2D eigenvalue weighted by atomic mass is 10.1. The van der Waals surface area contributed by atoms with Crippen LogP contribution in [0.2, 0.25) is 0 Å². The Bertz CT molecular complexity index is 688. The van der Waals surface area contributed by atoms with E-state index >= 15 is 0 Å². The summed E-state index contributed by atoms with van der Waals surface area (Å²) in [6.45, 7) is 5.89. The van der Waals surface area contributed by atoms with Crippen molar-refractivity contribution < 1.29 is 22.1 Å². The van der Waals surface area contributed by atoms with Crippen molar-refractivity contribution in [3.63, 3.8) is 0 Å². The maximum Gasteiger partial charge on any atom is 0.297 e. The first-order chi connectivity index (χ1) is 10.9. The van der Waals surface area contributed by atoms with Gasteiger partial charge in [0.05, 0.1) is 4.90 Å². The van der Waals surface area contributed by atoms with Crippen LogP contribution in [0.25, 0.3) is 0 Å². The third-order valence-corrected chi connectivity index (χ3v) is 5.79. The molecule has 1 aliphatic carbocycles. The fourth-order valence-electron chi connectivity index (χ4n) is 2.97. The van der Waals surface area contributed by atoms with E-state index in [0.717, 1.165) is 5.56 Å². The van der Waals surface area contributed by atoms with Crippen molar-refractivity contribution in [2.45, 2.75) is 62.6 Å². The van der Waals surface area contributed by atoms with Crippen LogP contribution < -0.4 is 0 Å². The third kappa shape index (κ3) is 3.08. The fraction of sp³-hybridized carbons (Fsp3) is 0.529. The van der Waals surface area contributed by atoms with Crippen LogP contribution >= 0.6 is 0 Å². The van der Waals surface area contributed by atoms with Crippen LogP contribution in [0.5, 0.6) is 0 Å². The zero-order valence-electron chi connectivity index (χ0n) is 13.6. The SMILES string of the molecule is CCC1(CC)O[C@@H]2[C@@H](OS(=O)(=O)c3ccc(C)cc3)C=C[C@H]2O1. The van der Waals surface area contributed by atoms with Crippen molar-refractivity contribution in [3.05, 3.63) is 42.0 Å².